The molecule has 0 atom stereocenters. The Morgan fingerprint density at radius 3 is 2.92 bits per heavy atom. The molecule has 12 heavy (non-hydrogen) atoms. The lowest BCUT2D eigenvalue weighted by atomic mass is 10.3. The molecule has 0 spiro atoms. The molecule has 68 valence electrons. The summed E-state index contributed by atoms with van der Waals surface area (Å²) >= 11 is 3.41. The van der Waals surface area contributed by atoms with Crippen LogP contribution in [0.15, 0.2) is 6.20 Å². The Morgan fingerprint density at radius 1 is 1.67 bits per heavy atom. The fraction of sp³-hybridized carbons (Fsp3) is 0.625. The molecule has 0 fully saturated rings. The highest BCUT2D eigenvalue weighted by molar-refractivity contribution is 9.08. The van der Waals surface area contributed by atoms with Crippen molar-refractivity contribution in [2.75, 3.05) is 13.7 Å². The maximum atomic E-state index is 4.96. The Labute approximate surface area is 80.8 Å². The first-order valence-electron chi connectivity index (χ1n) is 3.85. The van der Waals surface area contributed by atoms with Crippen LogP contribution in [-0.4, -0.2) is 23.5 Å². The number of hydrogen-bond acceptors (Lipinski definition) is 2. The van der Waals surface area contributed by atoms with E-state index in [0.29, 0.717) is 6.61 Å². The van der Waals surface area contributed by atoms with E-state index in [-0.39, 0.29) is 0 Å². The zero-order valence-corrected chi connectivity index (χ0v) is 8.97. The van der Waals surface area contributed by atoms with Gasteiger partial charge in [-0.3, -0.25) is 4.68 Å². The van der Waals surface area contributed by atoms with Crippen molar-refractivity contribution in [1.29, 1.82) is 0 Å². The van der Waals surface area contributed by atoms with E-state index < -0.39 is 0 Å². The Balaban J connectivity index is 2.62. The number of hydrogen-bond donors (Lipinski definition) is 0. The van der Waals surface area contributed by atoms with Crippen LogP contribution in [0.25, 0.3) is 0 Å². The Bertz CT molecular complexity index is 247. The molecule has 1 aromatic rings. The summed E-state index contributed by atoms with van der Waals surface area (Å²) in [4.78, 5) is 0. The highest BCUT2D eigenvalue weighted by Gasteiger charge is 2.01. The molecule has 1 rings (SSSR count). The van der Waals surface area contributed by atoms with Crippen molar-refractivity contribution in [3.8, 4) is 0 Å². The molecule has 0 aliphatic heterocycles. The van der Waals surface area contributed by atoms with Crippen molar-refractivity contribution >= 4 is 15.9 Å². The van der Waals surface area contributed by atoms with Crippen LogP contribution in [-0.2, 0) is 16.6 Å². The van der Waals surface area contributed by atoms with Crippen LogP contribution in [0.2, 0.25) is 0 Å². The molecule has 1 aromatic heterocycles. The zero-order valence-electron chi connectivity index (χ0n) is 7.38. The van der Waals surface area contributed by atoms with E-state index in [4.69, 9.17) is 4.74 Å². The van der Waals surface area contributed by atoms with Crippen LogP contribution < -0.4 is 0 Å². The Kier molecular flexibility index (Phi) is 3.75. The first-order chi connectivity index (χ1) is 5.77. The summed E-state index contributed by atoms with van der Waals surface area (Å²) in [5.41, 5.74) is 2.33. The van der Waals surface area contributed by atoms with Gasteiger partial charge in [0.2, 0.25) is 0 Å². The quantitative estimate of drug-likeness (QED) is 0.740. The van der Waals surface area contributed by atoms with Crippen LogP contribution in [0, 0.1) is 6.92 Å². The van der Waals surface area contributed by atoms with Crippen LogP contribution >= 0.6 is 15.9 Å². The van der Waals surface area contributed by atoms with Crippen molar-refractivity contribution in [3.63, 3.8) is 0 Å². The van der Waals surface area contributed by atoms with Crippen molar-refractivity contribution < 1.29 is 4.74 Å². The van der Waals surface area contributed by atoms with Crippen LogP contribution in [0.4, 0.5) is 0 Å². The maximum Gasteiger partial charge on any atom is 0.0658 e. The van der Waals surface area contributed by atoms with Gasteiger partial charge in [0, 0.05) is 24.2 Å². The average Bonchev–Trinajstić information content (AvgIpc) is 2.43. The summed E-state index contributed by atoms with van der Waals surface area (Å²) in [5, 5.41) is 5.19. The minimum atomic E-state index is 0.711. The number of ether oxygens (including phenoxy) is 1. The van der Waals surface area contributed by atoms with E-state index in [1.165, 1.54) is 5.56 Å². The lowest BCUT2D eigenvalue weighted by molar-refractivity contribution is 0.183. The third kappa shape index (κ3) is 2.32. The van der Waals surface area contributed by atoms with E-state index in [1.54, 1.807) is 7.11 Å². The fourth-order valence-corrected chi connectivity index (χ4v) is 1.54. The normalized spacial score (nSPS) is 10.6. The van der Waals surface area contributed by atoms with Gasteiger partial charge in [-0.25, -0.2) is 0 Å². The predicted molar refractivity (Wildman–Crippen MR) is 51.5 cm³/mol. The van der Waals surface area contributed by atoms with Gasteiger partial charge in [0.25, 0.3) is 0 Å². The van der Waals surface area contributed by atoms with Crippen LogP contribution in [0.1, 0.15) is 11.3 Å². The van der Waals surface area contributed by atoms with Gasteiger partial charge in [-0.15, -0.1) is 0 Å². The van der Waals surface area contributed by atoms with Crippen LogP contribution in [0.5, 0.6) is 0 Å². The summed E-state index contributed by atoms with van der Waals surface area (Å²) < 4.78 is 6.87. The van der Waals surface area contributed by atoms with E-state index in [9.17, 15) is 0 Å². The third-order valence-corrected chi connectivity index (χ3v) is 2.32. The predicted octanol–water partition coefficient (Wildman–Crippen LogP) is 1.73. The second-order valence-electron chi connectivity index (χ2n) is 2.63. The number of aromatic nitrogens is 2. The SMILES string of the molecule is COCCn1cc(CBr)c(C)n1. The largest absolute Gasteiger partial charge is 0.383 e. The molecule has 0 aliphatic rings. The summed E-state index contributed by atoms with van der Waals surface area (Å²) in [5.74, 6) is 0. The molecule has 3 nitrogen and oxygen atoms in total. The van der Waals surface area contributed by atoms with Gasteiger partial charge in [-0.1, -0.05) is 15.9 Å². The molecule has 0 bridgehead atoms. The summed E-state index contributed by atoms with van der Waals surface area (Å²) in [6, 6.07) is 0. The summed E-state index contributed by atoms with van der Waals surface area (Å²) in [7, 11) is 1.70. The van der Waals surface area contributed by atoms with Crippen molar-refractivity contribution in [1.82, 2.24) is 9.78 Å². The molecule has 0 unspecified atom stereocenters. The molecular weight excluding hydrogens is 220 g/mol. The van der Waals surface area contributed by atoms with Gasteiger partial charge in [0.1, 0.15) is 0 Å². The van der Waals surface area contributed by atoms with Crippen molar-refractivity contribution in [2.24, 2.45) is 0 Å². The third-order valence-electron chi connectivity index (χ3n) is 1.72. The molecule has 0 saturated carbocycles. The van der Waals surface area contributed by atoms with E-state index >= 15 is 0 Å². The lowest BCUT2D eigenvalue weighted by Crippen LogP contribution is -2.04. The molecule has 4 heteroatoms. The minimum Gasteiger partial charge on any atom is -0.383 e. The second-order valence-corrected chi connectivity index (χ2v) is 3.19. The Morgan fingerprint density at radius 2 is 2.42 bits per heavy atom. The van der Waals surface area contributed by atoms with E-state index in [1.807, 2.05) is 17.8 Å². The minimum absolute atomic E-state index is 0.711. The fourth-order valence-electron chi connectivity index (χ4n) is 0.990. The van der Waals surface area contributed by atoms with E-state index in [2.05, 4.69) is 21.0 Å². The highest BCUT2D eigenvalue weighted by Crippen LogP contribution is 2.09. The maximum absolute atomic E-state index is 4.96. The standard InChI is InChI=1S/C8H13BrN2O/c1-7-8(5-9)6-11(10-7)3-4-12-2/h6H,3-5H2,1-2H3. The number of methoxy groups -OCH3 is 1. The molecule has 0 N–H and O–H groups in total. The van der Waals surface area contributed by atoms with Crippen molar-refractivity contribution in [3.05, 3.63) is 17.5 Å². The van der Waals surface area contributed by atoms with Gasteiger partial charge in [0.15, 0.2) is 0 Å². The van der Waals surface area contributed by atoms with Crippen LogP contribution in [0.3, 0.4) is 0 Å². The Hall–Kier alpha value is -0.350. The summed E-state index contributed by atoms with van der Waals surface area (Å²) in [6.07, 6.45) is 2.04. The van der Waals surface area contributed by atoms with Gasteiger partial charge in [0.05, 0.1) is 18.8 Å². The molecule has 0 amide bonds. The van der Waals surface area contributed by atoms with Gasteiger partial charge < -0.3 is 4.74 Å². The molecule has 0 aromatic carbocycles. The number of aryl methyl sites for hydroxylation is 1. The number of nitrogens with zero attached hydrogens (tertiary/aromatic N) is 2. The lowest BCUT2D eigenvalue weighted by Gasteiger charge is -1.97. The smallest absolute Gasteiger partial charge is 0.0658 e. The molecule has 0 saturated heterocycles. The van der Waals surface area contributed by atoms with E-state index in [0.717, 1.165) is 17.6 Å². The van der Waals surface area contributed by atoms with Crippen molar-refractivity contribution in [2.45, 2.75) is 18.8 Å². The summed E-state index contributed by atoms with van der Waals surface area (Å²) in [6.45, 7) is 3.55. The topological polar surface area (TPSA) is 27.1 Å². The van der Waals surface area contributed by atoms with Gasteiger partial charge >= 0.3 is 0 Å². The number of rotatable bonds is 4. The molecular formula is C8H13BrN2O. The zero-order chi connectivity index (χ0) is 8.97. The first-order valence-corrected chi connectivity index (χ1v) is 4.98. The number of alkyl halides is 1. The monoisotopic (exact) mass is 232 g/mol. The van der Waals surface area contributed by atoms with Gasteiger partial charge in [-0.2, -0.15) is 5.10 Å². The highest BCUT2D eigenvalue weighted by atomic mass is 79.9. The molecule has 0 aliphatic carbocycles. The second kappa shape index (κ2) is 4.62. The molecule has 0 radical (unpaired) electrons. The number of halogens is 1. The average molecular weight is 233 g/mol. The van der Waals surface area contributed by atoms with Gasteiger partial charge in [-0.05, 0) is 6.92 Å². The first kappa shape index (κ1) is 9.74. The molecule has 1 heterocycles.